The first-order valence-corrected chi connectivity index (χ1v) is 8.39. The molecule has 0 spiro atoms. The zero-order valence-electron chi connectivity index (χ0n) is 12.8. The quantitative estimate of drug-likeness (QED) is 0.572. The number of hydrogen-bond donors (Lipinski definition) is 0. The maximum Gasteiger partial charge on any atom is 0.0640 e. The van der Waals surface area contributed by atoms with Gasteiger partial charge in [-0.25, -0.2) is 0 Å². The standard InChI is InChI=1S/C20H18N2S/c1-3-7-17(8-4-1)13-21-15-19-11-12-20(23-19)16-22-14-18-9-5-2-6-10-18/h1-12,15-16H,13-14H2. The highest BCUT2D eigenvalue weighted by Crippen LogP contribution is 2.13. The number of benzene rings is 2. The van der Waals surface area contributed by atoms with E-state index in [1.807, 2.05) is 48.8 Å². The average Bonchev–Trinajstić information content (AvgIpc) is 3.05. The smallest absolute Gasteiger partial charge is 0.0640 e. The minimum absolute atomic E-state index is 0.718. The van der Waals surface area contributed by atoms with Crippen molar-refractivity contribution in [3.8, 4) is 0 Å². The van der Waals surface area contributed by atoms with Gasteiger partial charge < -0.3 is 0 Å². The van der Waals surface area contributed by atoms with E-state index in [-0.39, 0.29) is 0 Å². The molecule has 0 unspecified atom stereocenters. The molecule has 0 radical (unpaired) electrons. The molecule has 0 aliphatic heterocycles. The molecular formula is C20H18N2S. The highest BCUT2D eigenvalue weighted by molar-refractivity contribution is 7.15. The second-order valence-corrected chi connectivity index (χ2v) is 6.30. The lowest BCUT2D eigenvalue weighted by Crippen LogP contribution is -1.81. The van der Waals surface area contributed by atoms with E-state index in [1.54, 1.807) is 11.3 Å². The molecule has 0 atom stereocenters. The summed E-state index contributed by atoms with van der Waals surface area (Å²) < 4.78 is 0. The van der Waals surface area contributed by atoms with Crippen LogP contribution in [0.3, 0.4) is 0 Å². The number of rotatable bonds is 6. The number of nitrogens with zero attached hydrogens (tertiary/aromatic N) is 2. The summed E-state index contributed by atoms with van der Waals surface area (Å²) in [4.78, 5) is 11.3. The summed E-state index contributed by atoms with van der Waals surface area (Å²) in [5.74, 6) is 0. The van der Waals surface area contributed by atoms with E-state index in [1.165, 1.54) is 11.1 Å². The van der Waals surface area contributed by atoms with E-state index in [0.29, 0.717) is 0 Å². The predicted octanol–water partition coefficient (Wildman–Crippen LogP) is 4.99. The van der Waals surface area contributed by atoms with Crippen LogP contribution in [-0.4, -0.2) is 12.4 Å². The van der Waals surface area contributed by atoms with Crippen LogP contribution in [0.5, 0.6) is 0 Å². The van der Waals surface area contributed by atoms with Crippen LogP contribution in [0.15, 0.2) is 82.8 Å². The lowest BCUT2D eigenvalue weighted by atomic mass is 10.2. The molecule has 0 N–H and O–H groups in total. The van der Waals surface area contributed by atoms with Crippen molar-refractivity contribution in [2.24, 2.45) is 9.98 Å². The third-order valence-electron chi connectivity index (χ3n) is 3.32. The Morgan fingerprint density at radius 2 is 1.04 bits per heavy atom. The third kappa shape index (κ3) is 5.01. The summed E-state index contributed by atoms with van der Waals surface area (Å²) in [5.41, 5.74) is 2.45. The fraction of sp³-hybridized carbons (Fsp3) is 0.100. The van der Waals surface area contributed by atoms with Crippen LogP contribution >= 0.6 is 11.3 Å². The summed E-state index contributed by atoms with van der Waals surface area (Å²) in [7, 11) is 0. The van der Waals surface area contributed by atoms with Crippen LogP contribution < -0.4 is 0 Å². The summed E-state index contributed by atoms with van der Waals surface area (Å²) in [6.07, 6.45) is 3.87. The van der Waals surface area contributed by atoms with Crippen LogP contribution in [0.2, 0.25) is 0 Å². The van der Waals surface area contributed by atoms with Gasteiger partial charge in [0, 0.05) is 22.2 Å². The largest absolute Gasteiger partial charge is 0.287 e. The maximum atomic E-state index is 4.49. The second-order valence-electron chi connectivity index (χ2n) is 5.15. The molecule has 1 aromatic heterocycles. The Labute approximate surface area is 140 Å². The van der Waals surface area contributed by atoms with E-state index in [0.717, 1.165) is 22.8 Å². The minimum Gasteiger partial charge on any atom is -0.287 e. The Bertz CT molecular complexity index is 708. The average molecular weight is 318 g/mol. The van der Waals surface area contributed by atoms with Gasteiger partial charge in [-0.3, -0.25) is 9.98 Å². The number of hydrogen-bond acceptors (Lipinski definition) is 3. The monoisotopic (exact) mass is 318 g/mol. The van der Waals surface area contributed by atoms with Crippen molar-refractivity contribution in [1.82, 2.24) is 0 Å². The lowest BCUT2D eigenvalue weighted by molar-refractivity contribution is 1.08. The Morgan fingerprint density at radius 1 is 0.609 bits per heavy atom. The molecule has 0 saturated heterocycles. The Balaban J connectivity index is 1.53. The van der Waals surface area contributed by atoms with Gasteiger partial charge in [-0.15, -0.1) is 11.3 Å². The first-order chi connectivity index (χ1) is 11.4. The Morgan fingerprint density at radius 3 is 1.48 bits per heavy atom. The zero-order valence-corrected chi connectivity index (χ0v) is 13.6. The van der Waals surface area contributed by atoms with Gasteiger partial charge >= 0.3 is 0 Å². The molecule has 3 aromatic rings. The highest BCUT2D eigenvalue weighted by atomic mass is 32.1. The number of thiophene rings is 1. The molecule has 0 aliphatic rings. The van der Waals surface area contributed by atoms with E-state index >= 15 is 0 Å². The van der Waals surface area contributed by atoms with Crippen LogP contribution in [0.25, 0.3) is 0 Å². The third-order valence-corrected chi connectivity index (χ3v) is 4.27. The SMILES string of the molecule is C(=NCc1ccccc1)c1ccc(C=NCc2ccccc2)s1. The molecule has 114 valence electrons. The Hall–Kier alpha value is -2.52. The van der Waals surface area contributed by atoms with Crippen molar-refractivity contribution in [2.45, 2.75) is 13.1 Å². The van der Waals surface area contributed by atoms with Crippen LogP contribution in [0.1, 0.15) is 20.9 Å². The normalized spacial score (nSPS) is 11.5. The molecule has 2 nitrogen and oxygen atoms in total. The van der Waals surface area contributed by atoms with Crippen molar-refractivity contribution >= 4 is 23.8 Å². The first-order valence-electron chi connectivity index (χ1n) is 7.57. The van der Waals surface area contributed by atoms with Gasteiger partial charge in [0.1, 0.15) is 0 Å². The van der Waals surface area contributed by atoms with E-state index in [4.69, 9.17) is 0 Å². The van der Waals surface area contributed by atoms with Crippen LogP contribution in [0, 0.1) is 0 Å². The second kappa shape index (κ2) is 8.20. The molecule has 3 heteroatoms. The topological polar surface area (TPSA) is 24.7 Å². The van der Waals surface area contributed by atoms with Crippen molar-refractivity contribution in [3.05, 3.63) is 93.7 Å². The van der Waals surface area contributed by atoms with E-state index in [9.17, 15) is 0 Å². The molecule has 23 heavy (non-hydrogen) atoms. The van der Waals surface area contributed by atoms with Gasteiger partial charge in [-0.05, 0) is 23.3 Å². The Kier molecular flexibility index (Phi) is 5.48. The molecule has 0 amide bonds. The number of aliphatic imine (C=N–C) groups is 2. The zero-order chi connectivity index (χ0) is 15.7. The van der Waals surface area contributed by atoms with E-state index < -0.39 is 0 Å². The van der Waals surface area contributed by atoms with Crippen molar-refractivity contribution in [3.63, 3.8) is 0 Å². The maximum absolute atomic E-state index is 4.49. The summed E-state index contributed by atoms with van der Waals surface area (Å²) in [6, 6.07) is 24.7. The van der Waals surface area contributed by atoms with Gasteiger partial charge in [-0.2, -0.15) is 0 Å². The van der Waals surface area contributed by atoms with E-state index in [2.05, 4.69) is 46.4 Å². The van der Waals surface area contributed by atoms with Crippen molar-refractivity contribution in [1.29, 1.82) is 0 Å². The van der Waals surface area contributed by atoms with Gasteiger partial charge in [0.15, 0.2) is 0 Å². The van der Waals surface area contributed by atoms with Crippen molar-refractivity contribution in [2.75, 3.05) is 0 Å². The van der Waals surface area contributed by atoms with Gasteiger partial charge in [-0.1, -0.05) is 60.7 Å². The van der Waals surface area contributed by atoms with Crippen LogP contribution in [-0.2, 0) is 13.1 Å². The minimum atomic E-state index is 0.718. The molecule has 0 aliphatic carbocycles. The summed E-state index contributed by atoms with van der Waals surface area (Å²) >= 11 is 1.70. The predicted molar refractivity (Wildman–Crippen MR) is 99.8 cm³/mol. The molecule has 2 aromatic carbocycles. The molecular weight excluding hydrogens is 300 g/mol. The van der Waals surface area contributed by atoms with Gasteiger partial charge in [0.25, 0.3) is 0 Å². The molecule has 0 saturated carbocycles. The highest BCUT2D eigenvalue weighted by Gasteiger charge is 1.95. The fourth-order valence-corrected chi connectivity index (χ4v) is 2.95. The molecule has 0 fully saturated rings. The molecule has 0 bridgehead atoms. The lowest BCUT2D eigenvalue weighted by Gasteiger charge is -1.94. The van der Waals surface area contributed by atoms with Gasteiger partial charge in [0.05, 0.1) is 13.1 Å². The van der Waals surface area contributed by atoms with Crippen LogP contribution in [0.4, 0.5) is 0 Å². The molecule has 1 heterocycles. The molecule has 3 rings (SSSR count). The first kappa shape index (κ1) is 15.4. The van der Waals surface area contributed by atoms with Gasteiger partial charge in [0.2, 0.25) is 0 Å². The summed E-state index contributed by atoms with van der Waals surface area (Å²) in [5, 5.41) is 0. The van der Waals surface area contributed by atoms with Crippen molar-refractivity contribution < 1.29 is 0 Å². The summed E-state index contributed by atoms with van der Waals surface area (Å²) in [6.45, 7) is 1.44. The fourth-order valence-electron chi connectivity index (χ4n) is 2.16.